The maximum absolute atomic E-state index is 5.08. The van der Waals surface area contributed by atoms with Crippen LogP contribution in [0.5, 0.6) is 0 Å². The van der Waals surface area contributed by atoms with Crippen LogP contribution in [0.25, 0.3) is 0 Å². The maximum Gasteiger partial charge on any atom is 0.0589 e. The fourth-order valence-corrected chi connectivity index (χ4v) is 2.06. The molecule has 13 heavy (non-hydrogen) atoms. The third-order valence-corrected chi connectivity index (χ3v) is 2.95. The minimum atomic E-state index is 0.733. The summed E-state index contributed by atoms with van der Waals surface area (Å²) in [6.07, 6.45) is 1.27. The van der Waals surface area contributed by atoms with Crippen LogP contribution in [0.2, 0.25) is 0 Å². The summed E-state index contributed by atoms with van der Waals surface area (Å²) in [6, 6.07) is 0.733. The standard InChI is InChI=1S/C10H22N2O/c1-9-8-11-5-4-10(9)12(2)6-7-13-3/h9-11H,4-8H2,1-3H3. The Hall–Kier alpha value is -0.120. The summed E-state index contributed by atoms with van der Waals surface area (Å²) >= 11 is 0. The molecule has 0 amide bonds. The lowest BCUT2D eigenvalue weighted by atomic mass is 9.94. The number of piperidine rings is 1. The highest BCUT2D eigenvalue weighted by Crippen LogP contribution is 2.15. The zero-order valence-corrected chi connectivity index (χ0v) is 9.05. The van der Waals surface area contributed by atoms with E-state index in [9.17, 15) is 0 Å². The molecule has 2 atom stereocenters. The second kappa shape index (κ2) is 5.58. The minimum absolute atomic E-state index is 0.733. The highest BCUT2D eigenvalue weighted by atomic mass is 16.5. The van der Waals surface area contributed by atoms with Crippen LogP contribution < -0.4 is 5.32 Å². The average Bonchev–Trinajstić information content (AvgIpc) is 2.15. The highest BCUT2D eigenvalue weighted by molar-refractivity contribution is 4.81. The predicted molar refractivity (Wildman–Crippen MR) is 54.9 cm³/mol. The van der Waals surface area contributed by atoms with E-state index in [1.165, 1.54) is 6.42 Å². The van der Waals surface area contributed by atoms with Crippen molar-refractivity contribution in [3.8, 4) is 0 Å². The third-order valence-electron chi connectivity index (χ3n) is 2.95. The molecule has 1 aliphatic heterocycles. The van der Waals surface area contributed by atoms with E-state index in [4.69, 9.17) is 4.74 Å². The van der Waals surface area contributed by atoms with Crippen molar-refractivity contribution in [3.05, 3.63) is 0 Å². The topological polar surface area (TPSA) is 24.5 Å². The Morgan fingerprint density at radius 3 is 2.92 bits per heavy atom. The average molecular weight is 186 g/mol. The number of rotatable bonds is 4. The van der Waals surface area contributed by atoms with E-state index in [-0.39, 0.29) is 0 Å². The number of methoxy groups -OCH3 is 1. The highest BCUT2D eigenvalue weighted by Gasteiger charge is 2.23. The second-order valence-electron chi connectivity index (χ2n) is 4.01. The molecule has 1 heterocycles. The van der Waals surface area contributed by atoms with E-state index in [0.717, 1.165) is 38.2 Å². The van der Waals surface area contributed by atoms with Crippen LogP contribution in [0.3, 0.4) is 0 Å². The summed E-state index contributed by atoms with van der Waals surface area (Å²) < 4.78 is 5.08. The lowest BCUT2D eigenvalue weighted by Crippen LogP contribution is -2.47. The van der Waals surface area contributed by atoms with Crippen LogP contribution in [0.4, 0.5) is 0 Å². The van der Waals surface area contributed by atoms with Gasteiger partial charge in [0.1, 0.15) is 0 Å². The van der Waals surface area contributed by atoms with Crippen molar-refractivity contribution in [3.63, 3.8) is 0 Å². The summed E-state index contributed by atoms with van der Waals surface area (Å²) in [4.78, 5) is 2.43. The van der Waals surface area contributed by atoms with Crippen molar-refractivity contribution in [1.29, 1.82) is 0 Å². The molecule has 1 saturated heterocycles. The van der Waals surface area contributed by atoms with Gasteiger partial charge in [-0.05, 0) is 32.5 Å². The monoisotopic (exact) mass is 186 g/mol. The predicted octanol–water partition coefficient (Wildman–Crippen LogP) is 0.563. The van der Waals surface area contributed by atoms with Crippen LogP contribution in [-0.2, 0) is 4.74 Å². The van der Waals surface area contributed by atoms with Gasteiger partial charge in [0.05, 0.1) is 6.61 Å². The number of ether oxygens (including phenoxy) is 1. The SMILES string of the molecule is COCCN(C)C1CCNCC1C. The smallest absolute Gasteiger partial charge is 0.0589 e. The van der Waals surface area contributed by atoms with Crippen LogP contribution >= 0.6 is 0 Å². The molecule has 3 nitrogen and oxygen atoms in total. The number of likely N-dealkylation sites (N-methyl/N-ethyl adjacent to an activating group) is 1. The van der Waals surface area contributed by atoms with Gasteiger partial charge in [0, 0.05) is 19.7 Å². The minimum Gasteiger partial charge on any atom is -0.383 e. The molecule has 0 aliphatic carbocycles. The van der Waals surface area contributed by atoms with E-state index < -0.39 is 0 Å². The van der Waals surface area contributed by atoms with Gasteiger partial charge in [0.2, 0.25) is 0 Å². The quantitative estimate of drug-likeness (QED) is 0.694. The van der Waals surface area contributed by atoms with Crippen LogP contribution in [0.15, 0.2) is 0 Å². The van der Waals surface area contributed by atoms with E-state index in [1.54, 1.807) is 7.11 Å². The lowest BCUT2D eigenvalue weighted by Gasteiger charge is -2.36. The van der Waals surface area contributed by atoms with Gasteiger partial charge in [0.25, 0.3) is 0 Å². The van der Waals surface area contributed by atoms with E-state index in [0.29, 0.717) is 0 Å². The molecular formula is C10H22N2O. The Morgan fingerprint density at radius 2 is 2.31 bits per heavy atom. The van der Waals surface area contributed by atoms with E-state index in [2.05, 4.69) is 24.2 Å². The molecule has 1 fully saturated rings. The Balaban J connectivity index is 2.30. The summed E-state index contributed by atoms with van der Waals surface area (Å²) in [5.74, 6) is 0.760. The van der Waals surface area contributed by atoms with Crippen molar-refractivity contribution in [2.45, 2.75) is 19.4 Å². The summed E-state index contributed by atoms with van der Waals surface area (Å²) in [6.45, 7) is 6.52. The Kier molecular flexibility index (Phi) is 4.70. The molecule has 0 aromatic carbocycles. The summed E-state index contributed by atoms with van der Waals surface area (Å²) in [5, 5.41) is 3.42. The molecule has 0 spiro atoms. The fourth-order valence-electron chi connectivity index (χ4n) is 2.06. The molecule has 1 rings (SSSR count). The lowest BCUT2D eigenvalue weighted by molar-refractivity contribution is 0.103. The van der Waals surface area contributed by atoms with Gasteiger partial charge in [0.15, 0.2) is 0 Å². The zero-order chi connectivity index (χ0) is 9.68. The van der Waals surface area contributed by atoms with Crippen molar-refractivity contribution < 1.29 is 4.74 Å². The number of nitrogens with zero attached hydrogens (tertiary/aromatic N) is 1. The van der Waals surface area contributed by atoms with Crippen LogP contribution in [0, 0.1) is 5.92 Å². The molecule has 0 bridgehead atoms. The molecule has 0 radical (unpaired) electrons. The molecule has 0 aromatic rings. The van der Waals surface area contributed by atoms with Gasteiger partial charge in [-0.1, -0.05) is 6.92 Å². The van der Waals surface area contributed by atoms with E-state index in [1.807, 2.05) is 0 Å². The second-order valence-corrected chi connectivity index (χ2v) is 4.01. The van der Waals surface area contributed by atoms with Gasteiger partial charge in [-0.3, -0.25) is 0 Å². The van der Waals surface area contributed by atoms with Gasteiger partial charge >= 0.3 is 0 Å². The van der Waals surface area contributed by atoms with Gasteiger partial charge in [-0.25, -0.2) is 0 Å². The van der Waals surface area contributed by atoms with Crippen molar-refractivity contribution in [2.24, 2.45) is 5.92 Å². The first-order valence-corrected chi connectivity index (χ1v) is 5.15. The number of nitrogens with one attached hydrogen (secondary N) is 1. The molecule has 78 valence electrons. The van der Waals surface area contributed by atoms with Crippen LogP contribution in [-0.4, -0.2) is 51.3 Å². The van der Waals surface area contributed by atoms with Crippen LogP contribution in [0.1, 0.15) is 13.3 Å². The molecule has 0 aromatic heterocycles. The molecule has 1 N–H and O–H groups in total. The molecule has 2 unspecified atom stereocenters. The Morgan fingerprint density at radius 1 is 1.54 bits per heavy atom. The largest absolute Gasteiger partial charge is 0.383 e. The molecular weight excluding hydrogens is 164 g/mol. The van der Waals surface area contributed by atoms with E-state index >= 15 is 0 Å². The molecule has 0 saturated carbocycles. The summed E-state index contributed by atoms with van der Waals surface area (Å²) in [7, 11) is 3.96. The van der Waals surface area contributed by atoms with Crippen molar-refractivity contribution in [2.75, 3.05) is 40.4 Å². The summed E-state index contributed by atoms with van der Waals surface area (Å²) in [5.41, 5.74) is 0. The van der Waals surface area contributed by atoms with Gasteiger partial charge in [-0.2, -0.15) is 0 Å². The van der Waals surface area contributed by atoms with Gasteiger partial charge < -0.3 is 15.0 Å². The maximum atomic E-state index is 5.08. The molecule has 1 aliphatic rings. The first-order chi connectivity index (χ1) is 6.25. The normalized spacial score (nSPS) is 29.5. The number of hydrogen-bond donors (Lipinski definition) is 1. The first-order valence-electron chi connectivity index (χ1n) is 5.15. The Bertz CT molecular complexity index is 141. The zero-order valence-electron chi connectivity index (χ0n) is 9.05. The fraction of sp³-hybridized carbons (Fsp3) is 1.00. The van der Waals surface area contributed by atoms with Gasteiger partial charge in [-0.15, -0.1) is 0 Å². The number of hydrogen-bond acceptors (Lipinski definition) is 3. The molecule has 3 heteroatoms. The van der Waals surface area contributed by atoms with Crippen molar-refractivity contribution in [1.82, 2.24) is 10.2 Å². The van der Waals surface area contributed by atoms with Crippen molar-refractivity contribution >= 4 is 0 Å². The Labute approximate surface area is 81.4 Å². The third kappa shape index (κ3) is 3.25. The first kappa shape index (κ1) is 11.0.